The van der Waals surface area contributed by atoms with Gasteiger partial charge in [0.05, 0.1) is 0 Å². The number of fused-ring (bicyclic) bond motifs is 5. The molecule has 4 aliphatic carbocycles. The van der Waals surface area contributed by atoms with Crippen LogP contribution in [0.3, 0.4) is 0 Å². The van der Waals surface area contributed by atoms with Gasteiger partial charge >= 0.3 is 0 Å². The van der Waals surface area contributed by atoms with Gasteiger partial charge in [0, 0.05) is 0 Å². The molecule has 0 bridgehead atoms. The lowest BCUT2D eigenvalue weighted by molar-refractivity contribution is -0.107. The highest BCUT2D eigenvalue weighted by Gasteiger charge is 2.54. The Kier molecular flexibility index (Phi) is 4.08. The van der Waals surface area contributed by atoms with Crippen LogP contribution in [0.15, 0.2) is 0 Å². The number of nitrogens with two attached hydrogens (primary N) is 1. The fourth-order valence-corrected chi connectivity index (χ4v) is 7.79. The third-order valence-corrected chi connectivity index (χ3v) is 8.94. The van der Waals surface area contributed by atoms with Crippen molar-refractivity contribution < 1.29 is 0 Å². The van der Waals surface area contributed by atoms with Gasteiger partial charge in [0.1, 0.15) is 0 Å². The zero-order valence-corrected chi connectivity index (χ0v) is 14.9. The van der Waals surface area contributed by atoms with Crippen LogP contribution in [0.2, 0.25) is 0 Å². The van der Waals surface area contributed by atoms with Crippen molar-refractivity contribution in [2.75, 3.05) is 6.54 Å². The Bertz CT molecular complexity index is 405. The van der Waals surface area contributed by atoms with Gasteiger partial charge in [-0.3, -0.25) is 0 Å². The van der Waals surface area contributed by atoms with Gasteiger partial charge in [-0.15, -0.1) is 0 Å². The lowest BCUT2D eigenvalue weighted by atomic mass is 9.45. The van der Waals surface area contributed by atoms with Crippen LogP contribution < -0.4 is 5.73 Å². The van der Waals surface area contributed by atoms with Crippen molar-refractivity contribution in [3.63, 3.8) is 0 Å². The van der Waals surface area contributed by atoms with Crippen LogP contribution in [0.5, 0.6) is 0 Å². The molecule has 0 aromatic heterocycles. The highest BCUT2D eigenvalue weighted by molar-refractivity contribution is 5.04. The van der Waals surface area contributed by atoms with Crippen molar-refractivity contribution >= 4 is 0 Å². The van der Waals surface area contributed by atoms with Crippen LogP contribution in [0.4, 0.5) is 0 Å². The second-order valence-electron chi connectivity index (χ2n) is 9.76. The van der Waals surface area contributed by atoms with E-state index in [4.69, 9.17) is 5.73 Å². The van der Waals surface area contributed by atoms with E-state index in [1.54, 1.807) is 25.7 Å². The minimum Gasteiger partial charge on any atom is -0.330 e. The van der Waals surface area contributed by atoms with E-state index < -0.39 is 0 Å². The number of hydrogen-bond donors (Lipinski definition) is 1. The van der Waals surface area contributed by atoms with E-state index in [0.717, 1.165) is 48.0 Å². The molecule has 0 radical (unpaired) electrons. The molecule has 0 aromatic rings. The number of rotatable bonds is 1. The standard InChI is InChI=1S/C21H37N/c1-14-6-8-17-15(12-14)7-9-19-18(17)10-11-21(2)16(13-22)4-3-5-20(19)21/h14-20H,3-13,22H2,1-2H3/t14-,15+,16+,17-,18?,19+,20?,21+/m0/s1. The quantitative estimate of drug-likeness (QED) is 0.704. The maximum Gasteiger partial charge on any atom is -0.00436 e. The summed E-state index contributed by atoms with van der Waals surface area (Å²) >= 11 is 0. The van der Waals surface area contributed by atoms with Crippen LogP contribution in [0, 0.1) is 46.8 Å². The van der Waals surface area contributed by atoms with Crippen molar-refractivity contribution in [3.05, 3.63) is 0 Å². The Hall–Kier alpha value is -0.0400. The molecule has 22 heavy (non-hydrogen) atoms. The molecule has 2 unspecified atom stereocenters. The molecule has 0 amide bonds. The van der Waals surface area contributed by atoms with Gasteiger partial charge in [-0.05, 0) is 105 Å². The fraction of sp³-hybridized carbons (Fsp3) is 1.00. The minimum atomic E-state index is 0.586. The summed E-state index contributed by atoms with van der Waals surface area (Å²) in [7, 11) is 0. The fourth-order valence-electron chi connectivity index (χ4n) is 7.79. The topological polar surface area (TPSA) is 26.0 Å². The van der Waals surface area contributed by atoms with Gasteiger partial charge in [0.25, 0.3) is 0 Å². The zero-order chi connectivity index (χ0) is 15.3. The molecule has 4 saturated carbocycles. The first-order valence-electron chi connectivity index (χ1n) is 10.3. The first-order chi connectivity index (χ1) is 10.6. The zero-order valence-electron chi connectivity index (χ0n) is 14.9. The Morgan fingerprint density at radius 3 is 2.55 bits per heavy atom. The first-order valence-corrected chi connectivity index (χ1v) is 10.3. The molecule has 4 fully saturated rings. The monoisotopic (exact) mass is 303 g/mol. The largest absolute Gasteiger partial charge is 0.330 e. The summed E-state index contributed by atoms with van der Waals surface area (Å²) < 4.78 is 0. The lowest BCUT2D eigenvalue weighted by Gasteiger charge is -2.60. The Balaban J connectivity index is 1.56. The van der Waals surface area contributed by atoms with Crippen LogP contribution in [0.1, 0.15) is 78.1 Å². The number of hydrogen-bond acceptors (Lipinski definition) is 1. The molecule has 8 atom stereocenters. The molecule has 126 valence electrons. The van der Waals surface area contributed by atoms with E-state index in [-0.39, 0.29) is 0 Å². The van der Waals surface area contributed by atoms with Crippen molar-refractivity contribution in [2.24, 2.45) is 52.6 Å². The van der Waals surface area contributed by atoms with Gasteiger partial charge in [0.2, 0.25) is 0 Å². The van der Waals surface area contributed by atoms with Crippen LogP contribution in [-0.2, 0) is 0 Å². The summed E-state index contributed by atoms with van der Waals surface area (Å²) in [6.07, 6.45) is 15.1. The van der Waals surface area contributed by atoms with Crippen molar-refractivity contribution in [1.29, 1.82) is 0 Å². The normalized spacial score (nSPS) is 55.0. The Morgan fingerprint density at radius 2 is 1.73 bits per heavy atom. The van der Waals surface area contributed by atoms with E-state index >= 15 is 0 Å². The molecule has 1 heteroatoms. The van der Waals surface area contributed by atoms with Crippen LogP contribution >= 0.6 is 0 Å². The summed E-state index contributed by atoms with van der Waals surface area (Å²) in [4.78, 5) is 0. The molecule has 4 rings (SSSR count). The van der Waals surface area contributed by atoms with Crippen molar-refractivity contribution in [1.82, 2.24) is 0 Å². The smallest absolute Gasteiger partial charge is 0.00436 e. The maximum absolute atomic E-state index is 6.18. The van der Waals surface area contributed by atoms with Crippen molar-refractivity contribution in [2.45, 2.75) is 78.1 Å². The van der Waals surface area contributed by atoms with E-state index in [2.05, 4.69) is 13.8 Å². The predicted molar refractivity (Wildman–Crippen MR) is 93.4 cm³/mol. The lowest BCUT2D eigenvalue weighted by Crippen LogP contribution is -2.53. The van der Waals surface area contributed by atoms with Gasteiger partial charge in [-0.1, -0.05) is 26.7 Å². The summed E-state index contributed by atoms with van der Waals surface area (Å²) in [6, 6.07) is 0. The van der Waals surface area contributed by atoms with Gasteiger partial charge < -0.3 is 5.73 Å². The Morgan fingerprint density at radius 1 is 0.909 bits per heavy atom. The van der Waals surface area contributed by atoms with E-state index in [0.29, 0.717) is 5.41 Å². The highest BCUT2D eigenvalue weighted by atomic mass is 14.6. The van der Waals surface area contributed by atoms with E-state index in [1.807, 2.05) is 0 Å². The Labute approximate surface area is 137 Å². The second-order valence-corrected chi connectivity index (χ2v) is 9.76. The second kappa shape index (κ2) is 5.80. The maximum atomic E-state index is 6.18. The molecule has 0 saturated heterocycles. The van der Waals surface area contributed by atoms with Gasteiger partial charge in [-0.25, -0.2) is 0 Å². The van der Waals surface area contributed by atoms with Crippen LogP contribution in [-0.4, -0.2) is 6.54 Å². The molecule has 1 nitrogen and oxygen atoms in total. The van der Waals surface area contributed by atoms with Crippen LogP contribution in [0.25, 0.3) is 0 Å². The minimum absolute atomic E-state index is 0.586. The van der Waals surface area contributed by atoms with Gasteiger partial charge in [-0.2, -0.15) is 0 Å². The third kappa shape index (κ3) is 2.29. The molecule has 0 heterocycles. The van der Waals surface area contributed by atoms with Crippen molar-refractivity contribution in [3.8, 4) is 0 Å². The molecule has 4 aliphatic rings. The molecule has 0 aliphatic heterocycles. The molecular formula is C21H37N. The molecule has 0 aromatic carbocycles. The van der Waals surface area contributed by atoms with E-state index in [1.165, 1.54) is 38.5 Å². The molecule has 0 spiro atoms. The van der Waals surface area contributed by atoms with Gasteiger partial charge in [0.15, 0.2) is 0 Å². The first kappa shape index (κ1) is 15.5. The summed E-state index contributed by atoms with van der Waals surface area (Å²) in [5, 5.41) is 0. The molecule has 2 N–H and O–H groups in total. The molecular weight excluding hydrogens is 266 g/mol. The summed E-state index contributed by atoms with van der Waals surface area (Å²) in [5.74, 6) is 7.15. The SMILES string of the molecule is C[C@H]1CC[C@@H]2C3CC[C@@]4(C)C(CCC[C@@H]4CN)[C@@H]3CC[C@@H]2C1. The predicted octanol–water partition coefficient (Wildman–Crippen LogP) is 5.24. The average Bonchev–Trinajstić information content (AvgIpc) is 2.53. The summed E-state index contributed by atoms with van der Waals surface area (Å²) in [6.45, 7) is 6.06. The summed E-state index contributed by atoms with van der Waals surface area (Å²) in [5.41, 5.74) is 6.77. The average molecular weight is 304 g/mol. The third-order valence-electron chi connectivity index (χ3n) is 8.94. The highest BCUT2D eigenvalue weighted by Crippen LogP contribution is 2.62. The van der Waals surface area contributed by atoms with E-state index in [9.17, 15) is 0 Å².